The van der Waals surface area contributed by atoms with Crippen LogP contribution in [0.5, 0.6) is 0 Å². The zero-order valence-electron chi connectivity index (χ0n) is 8.36. The average Bonchev–Trinajstić information content (AvgIpc) is 1.93. The van der Waals surface area contributed by atoms with Gasteiger partial charge in [0.25, 0.3) is 10.1 Å². The van der Waals surface area contributed by atoms with Crippen LogP contribution in [0, 0.1) is 0 Å². The summed E-state index contributed by atoms with van der Waals surface area (Å²) in [5.41, 5.74) is 0. The normalized spacial score (nSPS) is 12.3. The van der Waals surface area contributed by atoms with Gasteiger partial charge in [-0.2, -0.15) is 8.42 Å². The van der Waals surface area contributed by atoms with Gasteiger partial charge in [-0.05, 0) is 33.5 Å². The van der Waals surface area contributed by atoms with Crippen LogP contribution in [0.2, 0.25) is 0 Å². The highest BCUT2D eigenvalue weighted by Gasteiger charge is 2.02. The van der Waals surface area contributed by atoms with E-state index in [2.05, 4.69) is 4.90 Å². The van der Waals surface area contributed by atoms with Gasteiger partial charge in [0.1, 0.15) is 0 Å². The minimum Gasteiger partial charge on any atom is -0.309 e. The summed E-state index contributed by atoms with van der Waals surface area (Å²) < 4.78 is 29.1. The zero-order valence-corrected chi connectivity index (χ0v) is 9.18. The maximum atomic E-state index is 10.3. The van der Waals surface area contributed by atoms with Crippen LogP contribution in [-0.4, -0.2) is 44.3 Å². The van der Waals surface area contributed by atoms with Gasteiger partial charge in [-0.15, -0.1) is 0 Å². The molecular formula is C8H19NO3S. The van der Waals surface area contributed by atoms with Gasteiger partial charge in [0.05, 0.1) is 5.75 Å². The molecule has 0 aliphatic heterocycles. The molecule has 0 aromatic rings. The van der Waals surface area contributed by atoms with Crippen LogP contribution in [0.25, 0.3) is 0 Å². The van der Waals surface area contributed by atoms with E-state index in [1.54, 1.807) is 0 Å². The first kappa shape index (κ1) is 12.9. The molecule has 13 heavy (non-hydrogen) atoms. The van der Waals surface area contributed by atoms with Crippen LogP contribution in [-0.2, 0) is 10.1 Å². The minimum atomic E-state index is -3.74. The molecule has 0 amide bonds. The molecule has 1 N–H and O–H groups in total. The Morgan fingerprint density at radius 3 is 2.08 bits per heavy atom. The smallest absolute Gasteiger partial charge is 0.264 e. The third kappa shape index (κ3) is 11.9. The molecule has 0 unspecified atom stereocenters. The van der Waals surface area contributed by atoms with Gasteiger partial charge in [0.2, 0.25) is 0 Å². The number of unbranched alkanes of at least 4 members (excludes halogenated alkanes) is 3. The molecule has 0 heterocycles. The molecule has 0 fully saturated rings. The molecule has 0 aliphatic rings. The van der Waals surface area contributed by atoms with Gasteiger partial charge in [0, 0.05) is 0 Å². The van der Waals surface area contributed by atoms with E-state index in [9.17, 15) is 8.42 Å². The fourth-order valence-electron chi connectivity index (χ4n) is 1.07. The fourth-order valence-corrected chi connectivity index (χ4v) is 1.63. The lowest BCUT2D eigenvalue weighted by Gasteiger charge is -2.08. The highest BCUT2D eigenvalue weighted by molar-refractivity contribution is 7.85. The van der Waals surface area contributed by atoms with Gasteiger partial charge >= 0.3 is 0 Å². The summed E-state index contributed by atoms with van der Waals surface area (Å²) in [6.45, 7) is 1.03. The first-order valence-electron chi connectivity index (χ1n) is 4.52. The van der Waals surface area contributed by atoms with E-state index < -0.39 is 10.1 Å². The monoisotopic (exact) mass is 209 g/mol. The number of rotatable bonds is 7. The largest absolute Gasteiger partial charge is 0.309 e. The molecule has 0 aromatic carbocycles. The van der Waals surface area contributed by atoms with Gasteiger partial charge in [-0.1, -0.05) is 12.8 Å². The SMILES string of the molecule is CN(C)CCCCCCS(=O)(=O)O. The van der Waals surface area contributed by atoms with Crippen LogP contribution in [0.1, 0.15) is 25.7 Å². The maximum absolute atomic E-state index is 10.3. The standard InChI is InChI=1S/C8H19NO3S/c1-9(2)7-5-3-4-6-8-13(10,11)12/h3-8H2,1-2H3,(H,10,11,12). The van der Waals surface area contributed by atoms with Crippen molar-refractivity contribution in [3.8, 4) is 0 Å². The predicted octanol–water partition coefficient (Wildman–Crippen LogP) is 0.996. The Morgan fingerprint density at radius 2 is 1.62 bits per heavy atom. The highest BCUT2D eigenvalue weighted by Crippen LogP contribution is 2.01. The lowest BCUT2D eigenvalue weighted by molar-refractivity contribution is 0.391. The third-order valence-electron chi connectivity index (χ3n) is 1.76. The van der Waals surface area contributed by atoms with Crippen molar-refractivity contribution in [3.05, 3.63) is 0 Å². The molecule has 0 saturated carbocycles. The molecule has 0 radical (unpaired) electrons. The van der Waals surface area contributed by atoms with E-state index >= 15 is 0 Å². The second kappa shape index (κ2) is 6.34. The molecule has 0 bridgehead atoms. The average molecular weight is 209 g/mol. The van der Waals surface area contributed by atoms with E-state index in [1.165, 1.54) is 0 Å². The summed E-state index contributed by atoms with van der Waals surface area (Å²) in [7, 11) is 0.286. The second-order valence-corrected chi connectivity index (χ2v) is 5.08. The molecule has 0 aromatic heterocycles. The molecular weight excluding hydrogens is 190 g/mol. The van der Waals surface area contributed by atoms with Crippen molar-refractivity contribution in [2.45, 2.75) is 25.7 Å². The van der Waals surface area contributed by atoms with Crippen molar-refractivity contribution in [2.24, 2.45) is 0 Å². The van der Waals surface area contributed by atoms with Crippen LogP contribution < -0.4 is 0 Å². The first-order valence-corrected chi connectivity index (χ1v) is 6.12. The number of hydrogen-bond donors (Lipinski definition) is 1. The fraction of sp³-hybridized carbons (Fsp3) is 1.00. The molecule has 0 aliphatic carbocycles. The van der Waals surface area contributed by atoms with Crippen LogP contribution >= 0.6 is 0 Å². The zero-order chi connectivity index (χ0) is 10.3. The van der Waals surface area contributed by atoms with Crippen molar-refractivity contribution in [3.63, 3.8) is 0 Å². The molecule has 0 spiro atoms. The van der Waals surface area contributed by atoms with Gasteiger partial charge in [-0.25, -0.2) is 0 Å². The second-order valence-electron chi connectivity index (χ2n) is 3.50. The van der Waals surface area contributed by atoms with Gasteiger partial charge in [0.15, 0.2) is 0 Å². The lowest BCUT2D eigenvalue weighted by atomic mass is 10.2. The Bertz CT molecular complexity index is 211. The maximum Gasteiger partial charge on any atom is 0.264 e. The molecule has 4 nitrogen and oxygen atoms in total. The van der Waals surface area contributed by atoms with E-state index in [0.717, 1.165) is 25.8 Å². The van der Waals surface area contributed by atoms with Crippen molar-refractivity contribution < 1.29 is 13.0 Å². The summed E-state index contributed by atoms with van der Waals surface area (Å²) in [4.78, 5) is 2.10. The van der Waals surface area contributed by atoms with Gasteiger partial charge in [-0.3, -0.25) is 4.55 Å². The Kier molecular flexibility index (Phi) is 6.28. The first-order chi connectivity index (χ1) is 5.92. The number of nitrogens with zero attached hydrogens (tertiary/aromatic N) is 1. The van der Waals surface area contributed by atoms with Crippen LogP contribution in [0.3, 0.4) is 0 Å². The molecule has 5 heteroatoms. The molecule has 0 saturated heterocycles. The van der Waals surface area contributed by atoms with E-state index in [1.807, 2.05) is 14.1 Å². The van der Waals surface area contributed by atoms with Crippen molar-refractivity contribution >= 4 is 10.1 Å². The Morgan fingerprint density at radius 1 is 1.08 bits per heavy atom. The Hall–Kier alpha value is -0.130. The third-order valence-corrected chi connectivity index (χ3v) is 2.56. The Balaban J connectivity index is 3.18. The van der Waals surface area contributed by atoms with E-state index in [-0.39, 0.29) is 5.75 Å². The molecule has 0 rings (SSSR count). The highest BCUT2D eigenvalue weighted by atomic mass is 32.2. The summed E-state index contributed by atoms with van der Waals surface area (Å²) in [6, 6.07) is 0. The summed E-state index contributed by atoms with van der Waals surface area (Å²) in [6.07, 6.45) is 3.53. The van der Waals surface area contributed by atoms with Gasteiger partial charge < -0.3 is 4.90 Å². The van der Waals surface area contributed by atoms with E-state index in [4.69, 9.17) is 4.55 Å². The topological polar surface area (TPSA) is 57.6 Å². The summed E-state index contributed by atoms with van der Waals surface area (Å²) >= 11 is 0. The molecule has 80 valence electrons. The Labute approximate surface area is 80.7 Å². The summed E-state index contributed by atoms with van der Waals surface area (Å²) in [5, 5.41) is 0. The van der Waals surface area contributed by atoms with Crippen LogP contribution in [0.15, 0.2) is 0 Å². The number of hydrogen-bond acceptors (Lipinski definition) is 3. The van der Waals surface area contributed by atoms with E-state index in [0.29, 0.717) is 6.42 Å². The van der Waals surface area contributed by atoms with Crippen molar-refractivity contribution in [2.75, 3.05) is 26.4 Å². The predicted molar refractivity (Wildman–Crippen MR) is 53.4 cm³/mol. The quantitative estimate of drug-likeness (QED) is 0.502. The lowest BCUT2D eigenvalue weighted by Crippen LogP contribution is -2.12. The van der Waals surface area contributed by atoms with Crippen molar-refractivity contribution in [1.82, 2.24) is 4.90 Å². The minimum absolute atomic E-state index is 0.102. The molecule has 0 atom stereocenters. The van der Waals surface area contributed by atoms with Crippen LogP contribution in [0.4, 0.5) is 0 Å². The summed E-state index contributed by atoms with van der Waals surface area (Å²) in [5.74, 6) is -0.102. The van der Waals surface area contributed by atoms with Crippen molar-refractivity contribution in [1.29, 1.82) is 0 Å².